The Hall–Kier alpha value is -2.34. The molecule has 2 aliphatic rings. The van der Waals surface area contributed by atoms with Gasteiger partial charge in [-0.25, -0.2) is 4.79 Å². The monoisotopic (exact) mass is 341 g/mol. The van der Waals surface area contributed by atoms with E-state index >= 15 is 0 Å². The molecular weight excluding hydrogens is 318 g/mol. The molecule has 3 atom stereocenters. The van der Waals surface area contributed by atoms with Crippen LogP contribution >= 0.6 is 0 Å². The summed E-state index contributed by atoms with van der Waals surface area (Å²) in [6.07, 6.45) is 0.706. The Morgan fingerprint density at radius 3 is 2.92 bits per heavy atom. The van der Waals surface area contributed by atoms with Gasteiger partial charge in [-0.1, -0.05) is 35.5 Å². The summed E-state index contributed by atoms with van der Waals surface area (Å²) in [6.45, 7) is 4.67. The summed E-state index contributed by atoms with van der Waals surface area (Å²) in [5, 5.41) is 10.6. The number of fused-ring (bicyclic) bond motifs is 1. The van der Waals surface area contributed by atoms with Crippen molar-refractivity contribution in [2.24, 2.45) is 11.8 Å². The number of alkyl carbamates (subject to hydrolysis) is 1. The second-order valence-electron chi connectivity index (χ2n) is 6.98. The molecule has 6 nitrogen and oxygen atoms in total. The van der Waals surface area contributed by atoms with Crippen LogP contribution < -0.4 is 10.6 Å². The van der Waals surface area contributed by atoms with Crippen molar-refractivity contribution in [3.63, 3.8) is 0 Å². The third kappa shape index (κ3) is 3.02. The summed E-state index contributed by atoms with van der Waals surface area (Å²) in [5.41, 5.74) is 1.79. The Morgan fingerprint density at radius 2 is 2.24 bits per heavy atom. The predicted molar refractivity (Wildman–Crippen MR) is 92.0 cm³/mol. The molecule has 2 fully saturated rings. The Balaban J connectivity index is 1.39. The fraction of sp³-hybridized carbons (Fsp3) is 0.474. The highest BCUT2D eigenvalue weighted by Crippen LogP contribution is 2.61. The van der Waals surface area contributed by atoms with Gasteiger partial charge >= 0.3 is 6.09 Å². The summed E-state index contributed by atoms with van der Waals surface area (Å²) >= 11 is 0. The SMILES string of the molecule is Cc1cc(C2(CNC(=O)OCc3ccccc3)C3CCNCC32)no1. The minimum absolute atomic E-state index is 0.132. The van der Waals surface area contributed by atoms with Crippen molar-refractivity contribution in [1.82, 2.24) is 15.8 Å². The Kier molecular flexibility index (Phi) is 4.21. The lowest BCUT2D eigenvalue weighted by Crippen LogP contribution is -2.35. The number of aryl methyl sites for hydroxylation is 1. The number of rotatable bonds is 5. The molecule has 3 unspecified atom stereocenters. The molecule has 1 aromatic heterocycles. The smallest absolute Gasteiger partial charge is 0.407 e. The van der Waals surface area contributed by atoms with Gasteiger partial charge in [-0.15, -0.1) is 0 Å². The van der Waals surface area contributed by atoms with Crippen LogP contribution in [-0.2, 0) is 16.8 Å². The van der Waals surface area contributed by atoms with Gasteiger partial charge in [-0.3, -0.25) is 0 Å². The van der Waals surface area contributed by atoms with E-state index < -0.39 is 0 Å². The van der Waals surface area contributed by atoms with E-state index in [0.29, 0.717) is 18.4 Å². The Labute approximate surface area is 146 Å². The Morgan fingerprint density at radius 1 is 1.40 bits per heavy atom. The molecule has 132 valence electrons. The molecule has 0 spiro atoms. The lowest BCUT2D eigenvalue weighted by molar-refractivity contribution is 0.138. The number of ether oxygens (including phenoxy) is 1. The number of amides is 1. The average Bonchev–Trinajstić information content (AvgIpc) is 3.10. The summed E-state index contributed by atoms with van der Waals surface area (Å²) in [4.78, 5) is 12.1. The zero-order chi connectivity index (χ0) is 17.3. The zero-order valence-electron chi connectivity index (χ0n) is 14.3. The van der Waals surface area contributed by atoms with Gasteiger partial charge in [0, 0.05) is 18.0 Å². The van der Waals surface area contributed by atoms with E-state index in [4.69, 9.17) is 9.26 Å². The average molecular weight is 341 g/mol. The van der Waals surface area contributed by atoms with Crippen LogP contribution in [0, 0.1) is 18.8 Å². The number of nitrogens with one attached hydrogen (secondary N) is 2. The van der Waals surface area contributed by atoms with Crippen molar-refractivity contribution in [2.75, 3.05) is 19.6 Å². The predicted octanol–water partition coefficient (Wildman–Crippen LogP) is 2.39. The van der Waals surface area contributed by atoms with E-state index in [9.17, 15) is 4.79 Å². The molecule has 0 bridgehead atoms. The molecule has 1 amide bonds. The minimum Gasteiger partial charge on any atom is -0.445 e. The number of benzene rings is 1. The van der Waals surface area contributed by atoms with Gasteiger partial charge in [0.05, 0.1) is 5.69 Å². The summed E-state index contributed by atoms with van der Waals surface area (Å²) in [5.74, 6) is 1.82. The molecule has 2 heterocycles. The first kappa shape index (κ1) is 16.1. The lowest BCUT2D eigenvalue weighted by Gasteiger charge is -2.16. The van der Waals surface area contributed by atoms with Crippen molar-refractivity contribution < 1.29 is 14.1 Å². The molecule has 1 aliphatic heterocycles. The van der Waals surface area contributed by atoms with Crippen molar-refractivity contribution in [3.05, 3.63) is 53.4 Å². The van der Waals surface area contributed by atoms with Crippen LogP contribution in [0.3, 0.4) is 0 Å². The van der Waals surface area contributed by atoms with E-state index in [0.717, 1.165) is 36.5 Å². The quantitative estimate of drug-likeness (QED) is 0.873. The molecule has 1 saturated heterocycles. The summed E-state index contributed by atoms with van der Waals surface area (Å²) in [7, 11) is 0. The van der Waals surface area contributed by atoms with E-state index in [2.05, 4.69) is 15.8 Å². The van der Waals surface area contributed by atoms with E-state index in [-0.39, 0.29) is 18.1 Å². The fourth-order valence-electron chi connectivity index (χ4n) is 4.21. The third-order valence-corrected chi connectivity index (χ3v) is 5.54. The van der Waals surface area contributed by atoms with Gasteiger partial charge in [0.25, 0.3) is 0 Å². The van der Waals surface area contributed by atoms with Gasteiger partial charge in [0.2, 0.25) is 0 Å². The van der Waals surface area contributed by atoms with Gasteiger partial charge in [0.15, 0.2) is 0 Å². The summed E-state index contributed by atoms with van der Waals surface area (Å²) < 4.78 is 10.6. The maximum Gasteiger partial charge on any atom is 0.407 e. The maximum absolute atomic E-state index is 12.1. The summed E-state index contributed by atoms with van der Waals surface area (Å²) in [6, 6.07) is 11.7. The number of carbonyl (C=O) groups is 1. The van der Waals surface area contributed by atoms with E-state index in [1.807, 2.05) is 43.3 Å². The highest BCUT2D eigenvalue weighted by molar-refractivity contribution is 5.67. The molecule has 2 aromatic rings. The van der Waals surface area contributed by atoms with Crippen LogP contribution in [0.1, 0.15) is 23.4 Å². The first-order valence-corrected chi connectivity index (χ1v) is 8.79. The van der Waals surface area contributed by atoms with Crippen molar-refractivity contribution in [1.29, 1.82) is 0 Å². The van der Waals surface area contributed by atoms with Crippen LogP contribution in [-0.4, -0.2) is 30.9 Å². The molecule has 4 rings (SSSR count). The second-order valence-corrected chi connectivity index (χ2v) is 6.98. The van der Waals surface area contributed by atoms with Crippen LogP contribution in [0.5, 0.6) is 0 Å². The Bertz CT molecular complexity index is 731. The highest BCUT2D eigenvalue weighted by atomic mass is 16.5. The number of hydrogen-bond donors (Lipinski definition) is 2. The maximum atomic E-state index is 12.1. The molecule has 25 heavy (non-hydrogen) atoms. The van der Waals surface area contributed by atoms with E-state index in [1.165, 1.54) is 0 Å². The van der Waals surface area contributed by atoms with Gasteiger partial charge in [-0.05, 0) is 43.8 Å². The first-order chi connectivity index (χ1) is 12.2. The molecule has 1 aliphatic carbocycles. The first-order valence-electron chi connectivity index (χ1n) is 8.79. The largest absolute Gasteiger partial charge is 0.445 e. The van der Waals surface area contributed by atoms with Crippen molar-refractivity contribution in [2.45, 2.75) is 25.4 Å². The van der Waals surface area contributed by atoms with Crippen LogP contribution in [0.2, 0.25) is 0 Å². The van der Waals surface area contributed by atoms with Crippen LogP contribution in [0.4, 0.5) is 4.79 Å². The van der Waals surface area contributed by atoms with E-state index in [1.54, 1.807) is 0 Å². The lowest BCUT2D eigenvalue weighted by atomic mass is 9.96. The molecule has 1 aromatic carbocycles. The molecular formula is C19H23N3O3. The topological polar surface area (TPSA) is 76.4 Å². The van der Waals surface area contributed by atoms with Crippen LogP contribution in [0.25, 0.3) is 0 Å². The van der Waals surface area contributed by atoms with Gasteiger partial charge in [0.1, 0.15) is 12.4 Å². The standard InChI is InChI=1S/C19H23N3O3/c1-13-9-17(22-25-13)19(15-7-8-20-10-16(15)19)12-21-18(23)24-11-14-5-3-2-4-6-14/h2-6,9,15-16,20H,7-8,10-12H2,1H3,(H,21,23). The van der Waals surface area contributed by atoms with Gasteiger partial charge < -0.3 is 19.9 Å². The number of piperidine rings is 1. The number of aromatic nitrogens is 1. The second kappa shape index (κ2) is 6.52. The van der Waals surface area contributed by atoms with Crippen molar-refractivity contribution >= 4 is 6.09 Å². The third-order valence-electron chi connectivity index (χ3n) is 5.54. The molecule has 0 radical (unpaired) electrons. The minimum atomic E-state index is -0.389. The van der Waals surface area contributed by atoms with Gasteiger partial charge in [-0.2, -0.15) is 0 Å². The highest BCUT2D eigenvalue weighted by Gasteiger charge is 2.66. The number of hydrogen-bond acceptors (Lipinski definition) is 5. The molecule has 2 N–H and O–H groups in total. The molecule has 6 heteroatoms. The number of nitrogens with zero attached hydrogens (tertiary/aromatic N) is 1. The molecule has 1 saturated carbocycles. The zero-order valence-corrected chi connectivity index (χ0v) is 14.3. The van der Waals surface area contributed by atoms with Crippen LogP contribution in [0.15, 0.2) is 40.9 Å². The number of carbonyl (C=O) groups excluding carboxylic acids is 1. The fourth-order valence-corrected chi connectivity index (χ4v) is 4.21. The van der Waals surface area contributed by atoms with Crippen molar-refractivity contribution in [3.8, 4) is 0 Å². The normalized spacial score (nSPS) is 27.4.